The zero-order chi connectivity index (χ0) is 19.1. The number of hydrogen-bond acceptors (Lipinski definition) is 5. The van der Waals surface area contributed by atoms with E-state index in [0.717, 1.165) is 16.9 Å². The van der Waals surface area contributed by atoms with E-state index in [1.165, 1.54) is 29.1 Å². The number of anilines is 2. The second-order valence-electron chi connectivity index (χ2n) is 5.75. The van der Waals surface area contributed by atoms with Gasteiger partial charge in [0.25, 0.3) is 5.56 Å². The van der Waals surface area contributed by atoms with Crippen molar-refractivity contribution >= 4 is 55.7 Å². The molecule has 0 bridgehead atoms. The second kappa shape index (κ2) is 6.92. The molecule has 0 amide bonds. The minimum Gasteiger partial charge on any atom is -0.331 e. The summed E-state index contributed by atoms with van der Waals surface area (Å²) in [6.45, 7) is 1.87. The van der Waals surface area contributed by atoms with Gasteiger partial charge < -0.3 is 5.32 Å². The van der Waals surface area contributed by atoms with Crippen molar-refractivity contribution < 1.29 is 4.39 Å². The van der Waals surface area contributed by atoms with Crippen molar-refractivity contribution in [3.05, 3.63) is 74.5 Å². The van der Waals surface area contributed by atoms with Crippen molar-refractivity contribution in [3.8, 4) is 5.69 Å². The lowest BCUT2D eigenvalue weighted by Crippen LogP contribution is -2.19. The summed E-state index contributed by atoms with van der Waals surface area (Å²) in [5.41, 5.74) is 2.06. The summed E-state index contributed by atoms with van der Waals surface area (Å²) in [4.78, 5) is 21.5. The summed E-state index contributed by atoms with van der Waals surface area (Å²) < 4.78 is 15.1. The fourth-order valence-corrected chi connectivity index (χ4v) is 4.01. The van der Waals surface area contributed by atoms with Crippen molar-refractivity contribution in [1.29, 1.82) is 0 Å². The molecule has 27 heavy (non-hydrogen) atoms. The van der Waals surface area contributed by atoms with Gasteiger partial charge in [0, 0.05) is 5.69 Å². The van der Waals surface area contributed by atoms with Gasteiger partial charge in [0.15, 0.2) is 10.8 Å². The zero-order valence-corrected chi connectivity index (χ0v) is 16.2. The number of fused-ring (bicyclic) bond motifs is 1. The number of benzene rings is 2. The molecule has 2 heterocycles. The fraction of sp³-hybridized carbons (Fsp3) is 0.0556. The van der Waals surface area contributed by atoms with Crippen molar-refractivity contribution in [2.75, 3.05) is 5.32 Å². The van der Waals surface area contributed by atoms with Gasteiger partial charge >= 0.3 is 0 Å². The first-order valence-corrected chi connectivity index (χ1v) is 9.37. The van der Waals surface area contributed by atoms with Gasteiger partial charge in [-0.05, 0) is 36.8 Å². The van der Waals surface area contributed by atoms with Crippen molar-refractivity contribution in [2.24, 2.45) is 0 Å². The van der Waals surface area contributed by atoms with Crippen molar-refractivity contribution in [2.45, 2.75) is 6.92 Å². The van der Waals surface area contributed by atoms with E-state index in [1.807, 2.05) is 19.1 Å². The van der Waals surface area contributed by atoms with Gasteiger partial charge in [-0.25, -0.2) is 9.37 Å². The molecule has 2 aromatic carbocycles. The molecule has 136 valence electrons. The Morgan fingerprint density at radius 1 is 1.19 bits per heavy atom. The van der Waals surface area contributed by atoms with Gasteiger partial charge in [-0.1, -0.05) is 46.7 Å². The summed E-state index contributed by atoms with van der Waals surface area (Å²) in [5, 5.41) is 3.92. The number of nitrogens with zero attached hydrogens (tertiary/aromatic N) is 3. The minimum absolute atomic E-state index is 0.00390. The van der Waals surface area contributed by atoms with Gasteiger partial charge in [0.05, 0.1) is 15.7 Å². The summed E-state index contributed by atoms with van der Waals surface area (Å²) in [6, 6.07) is 9.65. The molecule has 0 aliphatic carbocycles. The Labute approximate surface area is 167 Å². The Morgan fingerprint density at radius 2 is 2.00 bits per heavy atom. The average molecular weight is 421 g/mol. The van der Waals surface area contributed by atoms with Crippen molar-refractivity contribution in [1.82, 2.24) is 14.5 Å². The molecule has 0 fully saturated rings. The van der Waals surface area contributed by atoms with Crippen LogP contribution in [0.1, 0.15) is 5.56 Å². The third-order valence-corrected chi connectivity index (χ3v) is 5.46. The molecule has 9 heteroatoms. The average Bonchev–Trinajstić information content (AvgIpc) is 3.03. The van der Waals surface area contributed by atoms with Crippen LogP contribution in [-0.2, 0) is 0 Å². The monoisotopic (exact) mass is 420 g/mol. The van der Waals surface area contributed by atoms with Crippen LogP contribution in [-0.4, -0.2) is 14.5 Å². The molecule has 0 spiro atoms. The molecule has 4 aromatic rings. The molecule has 1 N–H and O–H groups in total. The quantitative estimate of drug-likeness (QED) is 0.485. The highest BCUT2D eigenvalue weighted by Crippen LogP contribution is 2.28. The van der Waals surface area contributed by atoms with E-state index in [2.05, 4.69) is 15.3 Å². The maximum absolute atomic E-state index is 13.3. The highest BCUT2D eigenvalue weighted by atomic mass is 35.5. The fourth-order valence-electron chi connectivity index (χ4n) is 2.65. The predicted molar refractivity (Wildman–Crippen MR) is 107 cm³/mol. The molecular weight excluding hydrogens is 410 g/mol. The van der Waals surface area contributed by atoms with E-state index in [4.69, 9.17) is 23.2 Å². The first-order chi connectivity index (χ1) is 12.9. The van der Waals surface area contributed by atoms with Crippen LogP contribution >= 0.6 is 34.5 Å². The molecule has 0 radical (unpaired) electrons. The maximum atomic E-state index is 13.3. The molecule has 0 saturated carbocycles. The molecule has 4 rings (SSSR count). The Kier molecular flexibility index (Phi) is 4.59. The number of thiazole rings is 1. The predicted octanol–water partition coefficient (Wildman–Crippen LogP) is 5.34. The van der Waals surface area contributed by atoms with E-state index in [1.54, 1.807) is 6.07 Å². The summed E-state index contributed by atoms with van der Waals surface area (Å²) in [5.74, 6) is -0.508. The molecule has 0 aliphatic heterocycles. The Bertz CT molecular complexity index is 1220. The molecule has 0 saturated heterocycles. The van der Waals surface area contributed by atoms with Crippen LogP contribution in [0.5, 0.6) is 0 Å². The first kappa shape index (κ1) is 17.9. The summed E-state index contributed by atoms with van der Waals surface area (Å²) in [7, 11) is 0. The Balaban J connectivity index is 1.78. The summed E-state index contributed by atoms with van der Waals surface area (Å²) in [6.07, 6.45) is 1.41. The van der Waals surface area contributed by atoms with E-state index in [-0.39, 0.29) is 10.6 Å². The molecule has 0 aliphatic rings. The lowest BCUT2D eigenvalue weighted by atomic mass is 10.2. The van der Waals surface area contributed by atoms with Crippen LogP contribution in [0, 0.1) is 12.7 Å². The van der Waals surface area contributed by atoms with Crippen LogP contribution in [0.15, 0.2) is 47.5 Å². The molecule has 2 aromatic heterocycles. The third kappa shape index (κ3) is 3.29. The number of aryl methyl sites for hydroxylation is 1. The highest BCUT2D eigenvalue weighted by Gasteiger charge is 2.15. The lowest BCUT2D eigenvalue weighted by molar-refractivity contribution is 0.628. The zero-order valence-electron chi connectivity index (χ0n) is 13.8. The Hall–Kier alpha value is -2.48. The minimum atomic E-state index is -0.508. The largest absolute Gasteiger partial charge is 0.331 e. The topological polar surface area (TPSA) is 59.8 Å². The summed E-state index contributed by atoms with van der Waals surface area (Å²) >= 11 is 13.2. The van der Waals surface area contributed by atoms with Crippen molar-refractivity contribution in [3.63, 3.8) is 0 Å². The molecule has 0 atom stereocenters. The molecule has 5 nitrogen and oxygen atoms in total. The smallest absolute Gasteiger partial charge is 0.277 e. The van der Waals surface area contributed by atoms with E-state index < -0.39 is 5.82 Å². The number of halogens is 3. The number of hydrogen-bond donors (Lipinski definition) is 1. The first-order valence-electron chi connectivity index (χ1n) is 7.80. The van der Waals surface area contributed by atoms with Gasteiger partial charge in [-0.3, -0.25) is 9.36 Å². The number of para-hydroxylation sites is 1. The van der Waals surface area contributed by atoms with Gasteiger partial charge in [-0.15, -0.1) is 0 Å². The number of aromatic nitrogens is 3. The second-order valence-corrected chi connectivity index (χ2v) is 7.56. The normalized spacial score (nSPS) is 11.1. The van der Waals surface area contributed by atoms with Gasteiger partial charge in [0.1, 0.15) is 16.8 Å². The third-order valence-electron chi connectivity index (χ3n) is 3.92. The van der Waals surface area contributed by atoms with E-state index in [9.17, 15) is 9.18 Å². The van der Waals surface area contributed by atoms with Crippen LogP contribution in [0.4, 0.5) is 15.2 Å². The number of nitrogens with one attached hydrogen (secondary N) is 1. The van der Waals surface area contributed by atoms with Crippen LogP contribution in [0.3, 0.4) is 0 Å². The van der Waals surface area contributed by atoms with Crippen LogP contribution < -0.4 is 10.9 Å². The Morgan fingerprint density at radius 3 is 2.74 bits per heavy atom. The van der Waals surface area contributed by atoms with Gasteiger partial charge in [0.2, 0.25) is 0 Å². The standard InChI is InChI=1S/C18H11Cl2FN4OS/c1-9-3-2-4-11(19)14(9)25-8-22-16-15(17(25)26)27-18(24-16)23-10-5-6-13(21)12(20)7-10/h2-8H,1H3,(H,23,24). The van der Waals surface area contributed by atoms with Gasteiger partial charge in [-0.2, -0.15) is 4.98 Å². The molecule has 0 unspecified atom stereocenters. The lowest BCUT2D eigenvalue weighted by Gasteiger charge is -2.10. The SMILES string of the molecule is Cc1cccc(Cl)c1-n1cnc2nc(Nc3ccc(F)c(Cl)c3)sc2c1=O. The van der Waals surface area contributed by atoms with Crippen LogP contribution in [0.2, 0.25) is 10.0 Å². The highest BCUT2D eigenvalue weighted by molar-refractivity contribution is 7.22. The van der Waals surface area contributed by atoms with Crippen LogP contribution in [0.25, 0.3) is 16.0 Å². The van der Waals surface area contributed by atoms with E-state index >= 15 is 0 Å². The van der Waals surface area contributed by atoms with E-state index in [0.29, 0.717) is 31.9 Å². The molecular formula is C18H11Cl2FN4OS. The number of rotatable bonds is 3. The maximum Gasteiger partial charge on any atom is 0.277 e.